The zero-order chi connectivity index (χ0) is 13.1. The van der Waals surface area contributed by atoms with Crippen LogP contribution in [0.2, 0.25) is 0 Å². The minimum Gasteiger partial charge on any atom is -0.495 e. The second-order valence-corrected chi connectivity index (χ2v) is 4.51. The van der Waals surface area contributed by atoms with Crippen LogP contribution >= 0.6 is 0 Å². The van der Waals surface area contributed by atoms with Crippen LogP contribution in [0.3, 0.4) is 0 Å². The fourth-order valence-electron chi connectivity index (χ4n) is 1.21. The zero-order valence-corrected chi connectivity index (χ0v) is 12.0. The maximum Gasteiger partial charge on any atom is 0.120 e. The smallest absolute Gasteiger partial charge is 0.120 e. The Labute approximate surface area is 106 Å². The Morgan fingerprint density at radius 1 is 1.18 bits per heavy atom. The summed E-state index contributed by atoms with van der Waals surface area (Å²) in [6.45, 7) is 10.4. The Bertz CT molecular complexity index is 208. The van der Waals surface area contributed by atoms with Crippen LogP contribution in [0, 0.1) is 0 Å². The third-order valence-corrected chi connectivity index (χ3v) is 2.64. The highest BCUT2D eigenvalue weighted by Crippen LogP contribution is 2.08. The van der Waals surface area contributed by atoms with Gasteiger partial charge in [0.25, 0.3) is 0 Å². The molecule has 0 saturated carbocycles. The highest BCUT2D eigenvalue weighted by molar-refractivity contribution is 5.02. The summed E-state index contributed by atoms with van der Waals surface area (Å²) >= 11 is 0. The van der Waals surface area contributed by atoms with E-state index in [0.717, 1.165) is 31.6 Å². The van der Waals surface area contributed by atoms with Crippen molar-refractivity contribution in [2.75, 3.05) is 26.9 Å². The molecule has 0 aromatic carbocycles. The van der Waals surface area contributed by atoms with Crippen molar-refractivity contribution >= 4 is 0 Å². The lowest BCUT2D eigenvalue weighted by atomic mass is 10.3. The van der Waals surface area contributed by atoms with E-state index in [0.29, 0.717) is 13.2 Å². The van der Waals surface area contributed by atoms with Gasteiger partial charge in [0.15, 0.2) is 0 Å². The maximum absolute atomic E-state index is 5.73. The molecule has 0 heterocycles. The number of allylic oxidation sites excluding steroid dienone is 1. The highest BCUT2D eigenvalue weighted by Gasteiger charge is 2.04. The first-order valence-electron chi connectivity index (χ1n) is 6.51. The van der Waals surface area contributed by atoms with Crippen molar-refractivity contribution in [2.24, 2.45) is 0 Å². The quantitative estimate of drug-likeness (QED) is 0.434. The van der Waals surface area contributed by atoms with Crippen LogP contribution in [0.15, 0.2) is 11.3 Å². The van der Waals surface area contributed by atoms with E-state index in [-0.39, 0.29) is 6.10 Å². The van der Waals surface area contributed by atoms with Crippen molar-refractivity contribution < 1.29 is 14.2 Å². The summed E-state index contributed by atoms with van der Waals surface area (Å²) < 4.78 is 16.5. The lowest BCUT2D eigenvalue weighted by molar-refractivity contribution is 0.0609. The van der Waals surface area contributed by atoms with Crippen LogP contribution in [-0.4, -0.2) is 33.0 Å². The van der Waals surface area contributed by atoms with Crippen molar-refractivity contribution in [2.45, 2.75) is 53.1 Å². The van der Waals surface area contributed by atoms with E-state index >= 15 is 0 Å². The second-order valence-electron chi connectivity index (χ2n) is 4.51. The van der Waals surface area contributed by atoms with Crippen molar-refractivity contribution in [3.63, 3.8) is 0 Å². The maximum atomic E-state index is 5.73. The summed E-state index contributed by atoms with van der Waals surface area (Å²) in [6.07, 6.45) is 3.42. The first-order chi connectivity index (χ1) is 8.11. The SMILES string of the molecule is CCCCOCC(OCCC(C)OC)=C(C)C. The van der Waals surface area contributed by atoms with Gasteiger partial charge in [0.1, 0.15) is 12.4 Å². The van der Waals surface area contributed by atoms with Gasteiger partial charge in [-0.15, -0.1) is 0 Å². The molecular weight excluding hydrogens is 216 g/mol. The molecule has 0 rings (SSSR count). The van der Waals surface area contributed by atoms with Gasteiger partial charge in [0.05, 0.1) is 12.7 Å². The second kappa shape index (κ2) is 10.6. The molecule has 3 heteroatoms. The molecule has 0 aliphatic carbocycles. The summed E-state index contributed by atoms with van der Waals surface area (Å²) in [5.41, 5.74) is 1.19. The summed E-state index contributed by atoms with van der Waals surface area (Å²) in [6, 6.07) is 0. The predicted octanol–water partition coefficient (Wildman–Crippen LogP) is 3.54. The van der Waals surface area contributed by atoms with Crippen molar-refractivity contribution in [3.8, 4) is 0 Å². The molecule has 0 aliphatic heterocycles. The summed E-state index contributed by atoms with van der Waals surface area (Å²) in [4.78, 5) is 0. The molecule has 0 bridgehead atoms. The van der Waals surface area contributed by atoms with E-state index in [9.17, 15) is 0 Å². The molecule has 0 N–H and O–H groups in total. The van der Waals surface area contributed by atoms with Crippen LogP contribution in [0.5, 0.6) is 0 Å². The Hall–Kier alpha value is -0.540. The first-order valence-corrected chi connectivity index (χ1v) is 6.51. The van der Waals surface area contributed by atoms with Crippen molar-refractivity contribution in [3.05, 3.63) is 11.3 Å². The molecule has 3 nitrogen and oxygen atoms in total. The Kier molecular flexibility index (Phi) is 10.3. The molecule has 102 valence electrons. The fraction of sp³-hybridized carbons (Fsp3) is 0.857. The third-order valence-electron chi connectivity index (χ3n) is 2.64. The summed E-state index contributed by atoms with van der Waals surface area (Å²) in [5.74, 6) is 0.962. The van der Waals surface area contributed by atoms with Gasteiger partial charge in [-0.2, -0.15) is 0 Å². The zero-order valence-electron chi connectivity index (χ0n) is 12.0. The minimum atomic E-state index is 0.245. The number of unbranched alkanes of at least 4 members (excludes halogenated alkanes) is 1. The van der Waals surface area contributed by atoms with Crippen LogP contribution in [0.1, 0.15) is 47.0 Å². The van der Waals surface area contributed by atoms with Crippen LogP contribution < -0.4 is 0 Å². The van der Waals surface area contributed by atoms with Gasteiger partial charge >= 0.3 is 0 Å². The summed E-state index contributed by atoms with van der Waals surface area (Å²) in [7, 11) is 1.72. The third kappa shape index (κ3) is 9.19. The van der Waals surface area contributed by atoms with Crippen molar-refractivity contribution in [1.29, 1.82) is 0 Å². The largest absolute Gasteiger partial charge is 0.495 e. The molecule has 0 aromatic heterocycles. The lowest BCUT2D eigenvalue weighted by Crippen LogP contribution is -2.11. The average Bonchev–Trinajstić information content (AvgIpc) is 2.31. The molecule has 17 heavy (non-hydrogen) atoms. The summed E-state index contributed by atoms with van der Waals surface area (Å²) in [5, 5.41) is 0. The fourth-order valence-corrected chi connectivity index (χ4v) is 1.21. The van der Waals surface area contributed by atoms with E-state index in [2.05, 4.69) is 20.8 Å². The molecular formula is C14H28O3. The van der Waals surface area contributed by atoms with Gasteiger partial charge in [0, 0.05) is 20.1 Å². The molecule has 0 spiro atoms. The highest BCUT2D eigenvalue weighted by atomic mass is 16.5. The number of rotatable bonds is 10. The predicted molar refractivity (Wildman–Crippen MR) is 71.1 cm³/mol. The molecule has 1 unspecified atom stereocenters. The number of hydrogen-bond acceptors (Lipinski definition) is 3. The molecule has 1 atom stereocenters. The Balaban J connectivity index is 3.81. The lowest BCUT2D eigenvalue weighted by Gasteiger charge is -2.15. The molecule has 0 fully saturated rings. The van der Waals surface area contributed by atoms with Crippen LogP contribution in [-0.2, 0) is 14.2 Å². The molecule has 0 aliphatic rings. The number of ether oxygens (including phenoxy) is 3. The van der Waals surface area contributed by atoms with Gasteiger partial charge < -0.3 is 14.2 Å². The van der Waals surface area contributed by atoms with Gasteiger partial charge in [-0.3, -0.25) is 0 Å². The Morgan fingerprint density at radius 3 is 2.41 bits per heavy atom. The van der Waals surface area contributed by atoms with E-state index < -0.39 is 0 Å². The molecule has 0 amide bonds. The van der Waals surface area contributed by atoms with Gasteiger partial charge in [-0.25, -0.2) is 0 Å². The van der Waals surface area contributed by atoms with E-state index in [1.807, 2.05) is 6.92 Å². The van der Waals surface area contributed by atoms with E-state index in [4.69, 9.17) is 14.2 Å². The van der Waals surface area contributed by atoms with Gasteiger partial charge in [-0.1, -0.05) is 13.3 Å². The minimum absolute atomic E-state index is 0.245. The van der Waals surface area contributed by atoms with Crippen LogP contribution in [0.4, 0.5) is 0 Å². The van der Waals surface area contributed by atoms with Gasteiger partial charge in [0.2, 0.25) is 0 Å². The van der Waals surface area contributed by atoms with Crippen molar-refractivity contribution in [1.82, 2.24) is 0 Å². The van der Waals surface area contributed by atoms with Gasteiger partial charge in [-0.05, 0) is 32.8 Å². The molecule has 0 aromatic rings. The number of hydrogen-bond donors (Lipinski definition) is 0. The molecule has 0 saturated heterocycles. The standard InChI is InChI=1S/C14H28O3/c1-6-7-9-16-11-14(12(2)3)17-10-8-13(4)15-5/h13H,6-11H2,1-5H3. The average molecular weight is 244 g/mol. The number of methoxy groups -OCH3 is 1. The normalized spacial score (nSPS) is 12.3. The molecule has 0 radical (unpaired) electrons. The van der Waals surface area contributed by atoms with E-state index in [1.54, 1.807) is 7.11 Å². The van der Waals surface area contributed by atoms with E-state index in [1.165, 1.54) is 5.57 Å². The Morgan fingerprint density at radius 2 is 1.88 bits per heavy atom. The monoisotopic (exact) mass is 244 g/mol. The van der Waals surface area contributed by atoms with Crippen LogP contribution in [0.25, 0.3) is 0 Å². The topological polar surface area (TPSA) is 27.7 Å². The first kappa shape index (κ1) is 16.5.